The molecule has 4 nitrogen and oxygen atoms in total. The van der Waals surface area contributed by atoms with Crippen molar-refractivity contribution in [3.05, 3.63) is 0 Å². The van der Waals surface area contributed by atoms with Gasteiger partial charge in [0.25, 0.3) is 0 Å². The van der Waals surface area contributed by atoms with Crippen LogP contribution in [0.25, 0.3) is 0 Å². The molecule has 12 heavy (non-hydrogen) atoms. The molecule has 2 amide bonds. The van der Waals surface area contributed by atoms with E-state index in [1.807, 2.05) is 18.9 Å². The van der Waals surface area contributed by atoms with Gasteiger partial charge in [0.2, 0.25) is 0 Å². The number of nitrogens with two attached hydrogens (primary N) is 1. The highest BCUT2D eigenvalue weighted by atomic mass is 16.2. The number of nitrogens with zero attached hydrogens (tertiary/aromatic N) is 2. The first kappa shape index (κ1) is 9.32. The predicted octanol–water partition coefficient (Wildman–Crippen LogP) is -0.0514. The van der Waals surface area contributed by atoms with Crippen LogP contribution in [0.1, 0.15) is 6.92 Å². The number of hydrogen-bond donors (Lipinski definition) is 1. The van der Waals surface area contributed by atoms with Crippen molar-refractivity contribution < 1.29 is 4.79 Å². The first-order valence-corrected chi connectivity index (χ1v) is 4.39. The van der Waals surface area contributed by atoms with Crippen molar-refractivity contribution in [3.8, 4) is 0 Å². The lowest BCUT2D eigenvalue weighted by Gasteiger charge is -2.40. The molecule has 0 aromatic rings. The largest absolute Gasteiger partial charge is 0.330 e. The van der Waals surface area contributed by atoms with Crippen LogP contribution >= 0.6 is 0 Å². The van der Waals surface area contributed by atoms with Crippen LogP contribution in [-0.4, -0.2) is 49.1 Å². The van der Waals surface area contributed by atoms with E-state index in [0.717, 1.165) is 19.6 Å². The molecule has 0 aromatic heterocycles. The van der Waals surface area contributed by atoms with Crippen molar-refractivity contribution in [1.82, 2.24) is 9.80 Å². The van der Waals surface area contributed by atoms with Crippen molar-refractivity contribution in [2.24, 2.45) is 11.7 Å². The second kappa shape index (κ2) is 3.76. The third-order valence-electron chi connectivity index (χ3n) is 2.36. The van der Waals surface area contributed by atoms with Gasteiger partial charge in [-0.25, -0.2) is 4.79 Å². The topological polar surface area (TPSA) is 49.6 Å². The lowest BCUT2D eigenvalue weighted by atomic mass is 10.0. The molecule has 0 saturated carbocycles. The maximum Gasteiger partial charge on any atom is 0.319 e. The van der Waals surface area contributed by atoms with E-state index in [2.05, 4.69) is 0 Å². The summed E-state index contributed by atoms with van der Waals surface area (Å²) in [6.07, 6.45) is 0. The Morgan fingerprint density at radius 3 is 2.67 bits per heavy atom. The summed E-state index contributed by atoms with van der Waals surface area (Å²) in [6, 6.07) is 0.127. The first-order valence-electron chi connectivity index (χ1n) is 4.39. The third kappa shape index (κ3) is 1.69. The van der Waals surface area contributed by atoms with Gasteiger partial charge < -0.3 is 15.5 Å². The van der Waals surface area contributed by atoms with Crippen LogP contribution in [0.2, 0.25) is 0 Å². The van der Waals surface area contributed by atoms with Crippen LogP contribution in [0.3, 0.4) is 0 Å². The molecule has 1 aliphatic heterocycles. The Kier molecular flexibility index (Phi) is 2.92. The fourth-order valence-corrected chi connectivity index (χ4v) is 1.25. The number of carbonyl (C=O) groups excluding carboxylic acids is 1. The van der Waals surface area contributed by atoms with E-state index in [1.54, 1.807) is 4.90 Å². The average Bonchev–Trinajstić information content (AvgIpc) is 2.01. The molecule has 0 spiro atoms. The average molecular weight is 171 g/mol. The monoisotopic (exact) mass is 171 g/mol. The van der Waals surface area contributed by atoms with Crippen LogP contribution in [0, 0.1) is 5.92 Å². The molecule has 70 valence electrons. The van der Waals surface area contributed by atoms with E-state index in [9.17, 15) is 4.79 Å². The van der Waals surface area contributed by atoms with Gasteiger partial charge in [0, 0.05) is 32.6 Å². The molecule has 0 radical (unpaired) electrons. The highest BCUT2D eigenvalue weighted by Crippen LogP contribution is 2.15. The van der Waals surface area contributed by atoms with Gasteiger partial charge in [0.15, 0.2) is 0 Å². The molecule has 1 heterocycles. The Morgan fingerprint density at radius 1 is 1.67 bits per heavy atom. The van der Waals surface area contributed by atoms with Crippen LogP contribution in [-0.2, 0) is 0 Å². The zero-order valence-corrected chi connectivity index (χ0v) is 7.79. The van der Waals surface area contributed by atoms with E-state index >= 15 is 0 Å². The molecular formula is C8H17N3O. The Bertz CT molecular complexity index is 166. The zero-order valence-electron chi connectivity index (χ0n) is 7.79. The maximum absolute atomic E-state index is 11.4. The van der Waals surface area contributed by atoms with Crippen molar-refractivity contribution in [1.29, 1.82) is 0 Å². The SMILES string of the molecule is CCN(C)C(=O)N1CC(CN)C1. The van der Waals surface area contributed by atoms with Gasteiger partial charge in [-0.05, 0) is 13.5 Å². The highest BCUT2D eigenvalue weighted by Gasteiger charge is 2.30. The number of urea groups is 1. The molecular weight excluding hydrogens is 154 g/mol. The van der Waals surface area contributed by atoms with E-state index in [1.165, 1.54) is 0 Å². The Labute approximate surface area is 73.3 Å². The molecule has 1 rings (SSSR count). The standard InChI is InChI=1S/C8H17N3O/c1-3-10(2)8(12)11-5-7(4-9)6-11/h7H,3-6,9H2,1-2H3. The van der Waals surface area contributed by atoms with E-state index in [-0.39, 0.29) is 6.03 Å². The Morgan fingerprint density at radius 2 is 2.25 bits per heavy atom. The second-order valence-corrected chi connectivity index (χ2v) is 3.30. The number of amides is 2. The number of rotatable bonds is 2. The third-order valence-corrected chi connectivity index (χ3v) is 2.36. The minimum atomic E-state index is 0.127. The Hall–Kier alpha value is -0.770. The van der Waals surface area contributed by atoms with Gasteiger partial charge in [0.1, 0.15) is 0 Å². The fourth-order valence-electron chi connectivity index (χ4n) is 1.25. The summed E-state index contributed by atoms with van der Waals surface area (Å²) in [5, 5.41) is 0. The summed E-state index contributed by atoms with van der Waals surface area (Å²) >= 11 is 0. The fraction of sp³-hybridized carbons (Fsp3) is 0.875. The van der Waals surface area contributed by atoms with Crippen LogP contribution in [0.4, 0.5) is 4.79 Å². The highest BCUT2D eigenvalue weighted by molar-refractivity contribution is 5.74. The second-order valence-electron chi connectivity index (χ2n) is 3.30. The normalized spacial score (nSPS) is 17.4. The van der Waals surface area contributed by atoms with Crippen molar-refractivity contribution >= 4 is 6.03 Å². The molecule has 0 unspecified atom stereocenters. The molecule has 1 saturated heterocycles. The lowest BCUT2D eigenvalue weighted by Crippen LogP contribution is -2.55. The summed E-state index contributed by atoms with van der Waals surface area (Å²) in [4.78, 5) is 15.0. The zero-order chi connectivity index (χ0) is 9.14. The molecule has 1 fully saturated rings. The molecule has 2 N–H and O–H groups in total. The maximum atomic E-state index is 11.4. The van der Waals surface area contributed by atoms with Crippen LogP contribution in [0.5, 0.6) is 0 Å². The quantitative estimate of drug-likeness (QED) is 0.633. The van der Waals surface area contributed by atoms with Gasteiger partial charge in [-0.15, -0.1) is 0 Å². The molecule has 1 aliphatic rings. The summed E-state index contributed by atoms with van der Waals surface area (Å²) in [6.45, 7) is 5.10. The number of likely N-dealkylation sites (tertiary alicyclic amines) is 1. The van der Waals surface area contributed by atoms with E-state index in [4.69, 9.17) is 5.73 Å². The van der Waals surface area contributed by atoms with Crippen molar-refractivity contribution in [3.63, 3.8) is 0 Å². The number of carbonyl (C=O) groups is 1. The smallest absolute Gasteiger partial charge is 0.319 e. The minimum absolute atomic E-state index is 0.127. The van der Waals surface area contributed by atoms with Crippen molar-refractivity contribution in [2.75, 3.05) is 33.2 Å². The summed E-state index contributed by atoms with van der Waals surface area (Å²) < 4.78 is 0. The van der Waals surface area contributed by atoms with Crippen LogP contribution in [0.15, 0.2) is 0 Å². The predicted molar refractivity (Wildman–Crippen MR) is 47.8 cm³/mol. The van der Waals surface area contributed by atoms with Gasteiger partial charge >= 0.3 is 6.03 Å². The summed E-state index contributed by atoms with van der Waals surface area (Å²) in [7, 11) is 1.82. The van der Waals surface area contributed by atoms with E-state index < -0.39 is 0 Å². The molecule has 0 aromatic carbocycles. The van der Waals surface area contributed by atoms with E-state index in [0.29, 0.717) is 12.5 Å². The van der Waals surface area contributed by atoms with Gasteiger partial charge in [-0.3, -0.25) is 0 Å². The molecule has 4 heteroatoms. The number of hydrogen-bond acceptors (Lipinski definition) is 2. The summed E-state index contributed by atoms with van der Waals surface area (Å²) in [5.74, 6) is 0.527. The van der Waals surface area contributed by atoms with Gasteiger partial charge in [-0.2, -0.15) is 0 Å². The van der Waals surface area contributed by atoms with Crippen LogP contribution < -0.4 is 5.73 Å². The summed E-state index contributed by atoms with van der Waals surface area (Å²) in [5.41, 5.74) is 5.45. The Balaban J connectivity index is 2.28. The van der Waals surface area contributed by atoms with Crippen molar-refractivity contribution in [2.45, 2.75) is 6.92 Å². The molecule has 0 bridgehead atoms. The lowest BCUT2D eigenvalue weighted by molar-refractivity contribution is 0.101. The molecule has 0 aliphatic carbocycles. The van der Waals surface area contributed by atoms with Gasteiger partial charge in [-0.1, -0.05) is 0 Å². The molecule has 0 atom stereocenters. The first-order chi connectivity index (χ1) is 5.69. The minimum Gasteiger partial charge on any atom is -0.330 e. The van der Waals surface area contributed by atoms with Gasteiger partial charge in [0.05, 0.1) is 0 Å².